The molecular formula is C16H20N4O4. The highest BCUT2D eigenvalue weighted by molar-refractivity contribution is 6.01. The fourth-order valence-corrected chi connectivity index (χ4v) is 2.66. The Labute approximate surface area is 139 Å². The van der Waals surface area contributed by atoms with Gasteiger partial charge >= 0.3 is 5.69 Å². The van der Waals surface area contributed by atoms with Gasteiger partial charge in [0.25, 0.3) is 5.69 Å². The van der Waals surface area contributed by atoms with Crippen molar-refractivity contribution in [1.82, 2.24) is 0 Å². The molecule has 1 aromatic rings. The van der Waals surface area contributed by atoms with E-state index in [4.69, 9.17) is 0 Å². The molecule has 0 fully saturated rings. The summed E-state index contributed by atoms with van der Waals surface area (Å²) < 4.78 is 0. The van der Waals surface area contributed by atoms with E-state index >= 15 is 0 Å². The number of benzene rings is 1. The van der Waals surface area contributed by atoms with Gasteiger partial charge in [-0.15, -0.1) is 0 Å². The third-order valence-electron chi connectivity index (χ3n) is 3.94. The normalized spacial score (nSPS) is 19.2. The van der Waals surface area contributed by atoms with Gasteiger partial charge < -0.3 is 0 Å². The van der Waals surface area contributed by atoms with Crippen molar-refractivity contribution in [2.24, 2.45) is 16.9 Å². The van der Waals surface area contributed by atoms with Crippen molar-refractivity contribution in [3.63, 3.8) is 0 Å². The lowest BCUT2D eigenvalue weighted by atomic mass is 9.84. The molecule has 0 aromatic heterocycles. The lowest BCUT2D eigenvalue weighted by molar-refractivity contribution is -0.393. The van der Waals surface area contributed by atoms with Crippen molar-refractivity contribution in [3.8, 4) is 0 Å². The van der Waals surface area contributed by atoms with Crippen LogP contribution in [-0.2, 0) is 0 Å². The average molecular weight is 332 g/mol. The standard InChI is InChI=1S/C16H20N4O4/c1-10(2)13-6-4-11(3)8-15(13)18-17-14-7-5-12(19(21)22)9-16(14)20(23)24/h5-7,9-11,17H,4,8H2,1-3H3/b18-15-. The van der Waals surface area contributed by atoms with Crippen LogP contribution in [-0.4, -0.2) is 15.6 Å². The minimum atomic E-state index is -0.662. The van der Waals surface area contributed by atoms with Gasteiger partial charge in [-0.05, 0) is 36.3 Å². The predicted octanol–water partition coefficient (Wildman–Crippen LogP) is 4.28. The second-order valence-electron chi connectivity index (χ2n) is 6.25. The van der Waals surface area contributed by atoms with Crippen LogP contribution in [0, 0.1) is 32.1 Å². The van der Waals surface area contributed by atoms with Crippen molar-refractivity contribution >= 4 is 22.8 Å². The van der Waals surface area contributed by atoms with Crippen molar-refractivity contribution < 1.29 is 9.85 Å². The van der Waals surface area contributed by atoms with Gasteiger partial charge in [0, 0.05) is 6.07 Å². The van der Waals surface area contributed by atoms with Gasteiger partial charge in [0.1, 0.15) is 5.69 Å². The fraction of sp³-hybridized carbons (Fsp3) is 0.438. The maximum Gasteiger partial charge on any atom is 0.301 e. The zero-order valence-corrected chi connectivity index (χ0v) is 13.9. The largest absolute Gasteiger partial charge is 0.301 e. The molecule has 0 bridgehead atoms. The van der Waals surface area contributed by atoms with E-state index in [0.717, 1.165) is 30.2 Å². The van der Waals surface area contributed by atoms with Crippen LogP contribution in [0.15, 0.2) is 34.9 Å². The van der Waals surface area contributed by atoms with Crippen LogP contribution in [0.3, 0.4) is 0 Å². The van der Waals surface area contributed by atoms with Crippen molar-refractivity contribution in [2.75, 3.05) is 5.43 Å². The number of nitrogens with zero attached hydrogens (tertiary/aromatic N) is 3. The number of allylic oxidation sites excluding steroid dienone is 2. The van der Waals surface area contributed by atoms with E-state index in [0.29, 0.717) is 11.8 Å². The van der Waals surface area contributed by atoms with Crippen LogP contribution in [0.1, 0.15) is 33.6 Å². The highest BCUT2D eigenvalue weighted by Gasteiger charge is 2.22. The van der Waals surface area contributed by atoms with Gasteiger partial charge in [-0.2, -0.15) is 5.10 Å². The number of non-ortho nitro benzene ring substituents is 1. The summed E-state index contributed by atoms with van der Waals surface area (Å²) in [6.07, 6.45) is 3.94. The molecule has 2 rings (SSSR count). The first kappa shape index (κ1) is 17.6. The Morgan fingerprint density at radius 3 is 2.54 bits per heavy atom. The third-order valence-corrected chi connectivity index (χ3v) is 3.94. The summed E-state index contributed by atoms with van der Waals surface area (Å²) in [5.74, 6) is 0.768. The van der Waals surface area contributed by atoms with Crippen molar-refractivity contribution in [2.45, 2.75) is 33.6 Å². The second-order valence-corrected chi connectivity index (χ2v) is 6.25. The number of hydrogen-bond donors (Lipinski definition) is 1. The first-order valence-corrected chi connectivity index (χ1v) is 7.75. The molecule has 0 spiro atoms. The summed E-state index contributed by atoms with van der Waals surface area (Å²) in [5, 5.41) is 26.3. The molecule has 8 nitrogen and oxygen atoms in total. The number of nitro groups is 2. The molecule has 0 saturated carbocycles. The first-order chi connectivity index (χ1) is 11.3. The Morgan fingerprint density at radius 1 is 1.25 bits per heavy atom. The van der Waals surface area contributed by atoms with Gasteiger partial charge in [0.15, 0.2) is 0 Å². The number of anilines is 1. The zero-order valence-electron chi connectivity index (χ0n) is 13.9. The number of hydrazone groups is 1. The van der Waals surface area contributed by atoms with Gasteiger partial charge in [-0.25, -0.2) is 0 Å². The lowest BCUT2D eigenvalue weighted by Crippen LogP contribution is -2.18. The van der Waals surface area contributed by atoms with Gasteiger partial charge in [-0.1, -0.05) is 26.8 Å². The summed E-state index contributed by atoms with van der Waals surface area (Å²) in [6, 6.07) is 3.47. The maximum atomic E-state index is 11.2. The molecule has 0 heterocycles. The number of rotatable bonds is 5. The minimum absolute atomic E-state index is 0.138. The molecule has 1 aliphatic rings. The molecule has 128 valence electrons. The van der Waals surface area contributed by atoms with E-state index in [1.165, 1.54) is 12.1 Å². The van der Waals surface area contributed by atoms with Crippen LogP contribution in [0.5, 0.6) is 0 Å². The number of nitrogens with one attached hydrogen (secondary N) is 1. The van der Waals surface area contributed by atoms with Crippen LogP contribution in [0.2, 0.25) is 0 Å². The minimum Gasteiger partial charge on any atom is -0.271 e. The predicted molar refractivity (Wildman–Crippen MR) is 92.1 cm³/mol. The van der Waals surface area contributed by atoms with Crippen LogP contribution in [0.25, 0.3) is 0 Å². The molecule has 1 N–H and O–H groups in total. The molecule has 0 aliphatic heterocycles. The molecule has 1 unspecified atom stereocenters. The van der Waals surface area contributed by atoms with Gasteiger partial charge in [-0.3, -0.25) is 25.7 Å². The summed E-state index contributed by atoms with van der Waals surface area (Å²) in [7, 11) is 0. The molecule has 1 aromatic carbocycles. The van der Waals surface area contributed by atoms with Crippen LogP contribution < -0.4 is 5.43 Å². The first-order valence-electron chi connectivity index (χ1n) is 7.75. The summed E-state index contributed by atoms with van der Waals surface area (Å²) in [6.45, 7) is 6.27. The second kappa shape index (κ2) is 7.20. The molecule has 0 radical (unpaired) electrons. The maximum absolute atomic E-state index is 11.2. The van der Waals surface area contributed by atoms with E-state index in [9.17, 15) is 20.2 Å². The number of hydrogen-bond acceptors (Lipinski definition) is 6. The lowest BCUT2D eigenvalue weighted by Gasteiger charge is -2.23. The Kier molecular flexibility index (Phi) is 5.28. The van der Waals surface area contributed by atoms with Crippen molar-refractivity contribution in [3.05, 3.63) is 50.1 Å². The fourth-order valence-electron chi connectivity index (χ4n) is 2.66. The topological polar surface area (TPSA) is 111 Å². The van der Waals surface area contributed by atoms with Crippen LogP contribution in [0.4, 0.5) is 17.1 Å². The molecule has 8 heteroatoms. The molecule has 1 atom stereocenters. The summed E-state index contributed by atoms with van der Waals surface area (Å²) in [5.41, 5.74) is 4.17. The average Bonchev–Trinajstić information content (AvgIpc) is 2.52. The van der Waals surface area contributed by atoms with Gasteiger partial charge in [0.05, 0.1) is 21.6 Å². The highest BCUT2D eigenvalue weighted by atomic mass is 16.6. The highest BCUT2D eigenvalue weighted by Crippen LogP contribution is 2.30. The Hall–Kier alpha value is -2.77. The van der Waals surface area contributed by atoms with E-state index in [2.05, 4.69) is 37.4 Å². The molecule has 0 saturated heterocycles. The van der Waals surface area contributed by atoms with E-state index < -0.39 is 9.85 Å². The smallest absolute Gasteiger partial charge is 0.271 e. The summed E-state index contributed by atoms with van der Waals surface area (Å²) >= 11 is 0. The van der Waals surface area contributed by atoms with E-state index in [1.807, 2.05) is 0 Å². The molecule has 24 heavy (non-hydrogen) atoms. The van der Waals surface area contributed by atoms with E-state index in [1.54, 1.807) is 0 Å². The monoisotopic (exact) mass is 332 g/mol. The van der Waals surface area contributed by atoms with Gasteiger partial charge in [0.2, 0.25) is 0 Å². The molecular weight excluding hydrogens is 312 g/mol. The Bertz CT molecular complexity index is 725. The SMILES string of the molecule is CC1CC=C(C(C)C)/C(=N\Nc2ccc([N+](=O)[O-])cc2[N+](=O)[O-])C1. The van der Waals surface area contributed by atoms with E-state index in [-0.39, 0.29) is 17.1 Å². The Morgan fingerprint density at radius 2 is 1.96 bits per heavy atom. The number of nitro benzene ring substituents is 2. The van der Waals surface area contributed by atoms with Crippen molar-refractivity contribution in [1.29, 1.82) is 0 Å². The Balaban J connectivity index is 2.33. The van der Waals surface area contributed by atoms with Crippen LogP contribution >= 0.6 is 0 Å². The molecule has 0 amide bonds. The zero-order chi connectivity index (χ0) is 17.9. The summed E-state index contributed by atoms with van der Waals surface area (Å²) in [4.78, 5) is 20.6. The quantitative estimate of drug-likeness (QED) is 0.639. The third kappa shape index (κ3) is 3.95. The molecule has 1 aliphatic carbocycles.